The van der Waals surface area contributed by atoms with Crippen LogP contribution >= 0.6 is 0 Å². The summed E-state index contributed by atoms with van der Waals surface area (Å²) >= 11 is 0. The Bertz CT molecular complexity index is 455. The van der Waals surface area contributed by atoms with Crippen molar-refractivity contribution in [2.24, 2.45) is 5.73 Å². The van der Waals surface area contributed by atoms with Gasteiger partial charge in [0.2, 0.25) is 0 Å². The number of piperazine rings is 1. The number of nitrogens with zero attached hydrogens (tertiary/aromatic N) is 2. The maximum Gasteiger partial charge on any atom is 0.0477 e. The highest BCUT2D eigenvalue weighted by Crippen LogP contribution is 2.43. The second-order valence-corrected chi connectivity index (χ2v) is 6.50. The third kappa shape index (κ3) is 2.76. The molecule has 3 rings (SSSR count). The minimum Gasteiger partial charge on any atom is -0.329 e. The highest BCUT2D eigenvalue weighted by atomic mass is 15.3. The molecule has 2 aliphatic rings. The van der Waals surface area contributed by atoms with E-state index in [1.165, 1.54) is 18.4 Å². The first kappa shape index (κ1) is 14.1. The molecule has 2 unspecified atom stereocenters. The van der Waals surface area contributed by atoms with E-state index in [-0.39, 0.29) is 0 Å². The van der Waals surface area contributed by atoms with E-state index in [4.69, 9.17) is 5.73 Å². The number of benzene rings is 1. The zero-order valence-corrected chi connectivity index (χ0v) is 12.8. The lowest BCUT2D eigenvalue weighted by Crippen LogP contribution is -2.53. The van der Waals surface area contributed by atoms with Crippen LogP contribution in [-0.4, -0.2) is 49.1 Å². The van der Waals surface area contributed by atoms with Crippen molar-refractivity contribution in [2.45, 2.75) is 37.8 Å². The van der Waals surface area contributed by atoms with Gasteiger partial charge in [0.1, 0.15) is 0 Å². The van der Waals surface area contributed by atoms with Crippen LogP contribution in [0.15, 0.2) is 24.3 Å². The summed E-state index contributed by atoms with van der Waals surface area (Å²) in [5.41, 5.74) is 9.20. The van der Waals surface area contributed by atoms with Gasteiger partial charge >= 0.3 is 0 Å². The van der Waals surface area contributed by atoms with Gasteiger partial charge in [-0.05, 0) is 43.9 Å². The van der Waals surface area contributed by atoms with Crippen LogP contribution in [0.4, 0.5) is 0 Å². The van der Waals surface area contributed by atoms with E-state index < -0.39 is 0 Å². The monoisotopic (exact) mass is 273 g/mol. The number of hydrogen-bond acceptors (Lipinski definition) is 3. The fourth-order valence-electron chi connectivity index (χ4n) is 3.64. The van der Waals surface area contributed by atoms with Crippen LogP contribution in [-0.2, 0) is 0 Å². The molecule has 1 aliphatic carbocycles. The Labute approximate surface area is 122 Å². The molecule has 0 radical (unpaired) electrons. The maximum atomic E-state index is 6.17. The molecule has 2 fully saturated rings. The Kier molecular flexibility index (Phi) is 4.11. The van der Waals surface area contributed by atoms with E-state index >= 15 is 0 Å². The maximum absolute atomic E-state index is 6.17. The second kappa shape index (κ2) is 5.84. The van der Waals surface area contributed by atoms with Crippen molar-refractivity contribution in [1.29, 1.82) is 0 Å². The first-order valence-electron chi connectivity index (χ1n) is 7.94. The summed E-state index contributed by atoms with van der Waals surface area (Å²) in [5, 5.41) is 0. The zero-order valence-electron chi connectivity index (χ0n) is 12.8. The Morgan fingerprint density at radius 3 is 2.65 bits per heavy atom. The third-order valence-electron chi connectivity index (χ3n) is 4.88. The molecule has 0 spiro atoms. The number of hydrogen-bond donors (Lipinski definition) is 1. The molecule has 2 atom stereocenters. The second-order valence-electron chi connectivity index (χ2n) is 6.50. The summed E-state index contributed by atoms with van der Waals surface area (Å²) in [6, 6.07) is 9.93. The Morgan fingerprint density at radius 1 is 1.25 bits per heavy atom. The number of nitrogens with two attached hydrogens (primary N) is 1. The van der Waals surface area contributed by atoms with Crippen molar-refractivity contribution < 1.29 is 0 Å². The minimum absolute atomic E-state index is 0.385. The van der Waals surface area contributed by atoms with Crippen molar-refractivity contribution in [3.05, 3.63) is 35.4 Å². The molecule has 0 amide bonds. The summed E-state index contributed by atoms with van der Waals surface area (Å²) in [6.45, 7) is 6.46. The van der Waals surface area contributed by atoms with Crippen LogP contribution in [0.1, 0.15) is 42.9 Å². The topological polar surface area (TPSA) is 32.5 Å². The Balaban J connectivity index is 1.86. The van der Waals surface area contributed by atoms with Gasteiger partial charge in [-0.15, -0.1) is 0 Å². The Hall–Kier alpha value is -0.900. The lowest BCUT2D eigenvalue weighted by atomic mass is 9.94. The molecular weight excluding hydrogens is 246 g/mol. The molecule has 3 nitrogen and oxygen atoms in total. The van der Waals surface area contributed by atoms with Crippen molar-refractivity contribution in [3.63, 3.8) is 0 Å². The van der Waals surface area contributed by atoms with Crippen molar-refractivity contribution in [1.82, 2.24) is 9.80 Å². The van der Waals surface area contributed by atoms with E-state index in [0.29, 0.717) is 12.1 Å². The highest BCUT2D eigenvalue weighted by Gasteiger charge is 2.32. The molecule has 1 aromatic carbocycles. The molecule has 0 bridgehead atoms. The third-order valence-corrected chi connectivity index (χ3v) is 4.88. The molecule has 1 saturated heterocycles. The van der Waals surface area contributed by atoms with E-state index in [1.807, 2.05) is 0 Å². The predicted molar refractivity (Wildman–Crippen MR) is 83.9 cm³/mol. The van der Waals surface area contributed by atoms with Crippen molar-refractivity contribution in [2.75, 3.05) is 33.2 Å². The van der Waals surface area contributed by atoms with Gasteiger partial charge in [0, 0.05) is 38.3 Å². The molecule has 2 N–H and O–H groups in total. The summed E-state index contributed by atoms with van der Waals surface area (Å²) in [4.78, 5) is 5.03. The van der Waals surface area contributed by atoms with Crippen LogP contribution in [0.2, 0.25) is 0 Å². The number of rotatable bonds is 4. The van der Waals surface area contributed by atoms with Gasteiger partial charge in [-0.3, -0.25) is 4.90 Å². The average Bonchev–Trinajstić information content (AvgIpc) is 3.27. The SMILES string of the molecule is CC1CN(C)CCN1C(CN)c1ccccc1C1CC1. The standard InChI is InChI=1S/C17H27N3/c1-13-12-19(2)9-10-20(13)17(11-18)16-6-4-3-5-15(16)14-7-8-14/h3-6,13-14,17H,7-12,18H2,1-2H3. The van der Waals surface area contributed by atoms with Gasteiger partial charge in [0.25, 0.3) is 0 Å². The molecule has 3 heteroatoms. The Morgan fingerprint density at radius 2 is 2.00 bits per heavy atom. The fourth-order valence-corrected chi connectivity index (χ4v) is 3.64. The molecule has 0 aromatic heterocycles. The molecule has 110 valence electrons. The lowest BCUT2D eigenvalue weighted by Gasteiger charge is -2.43. The highest BCUT2D eigenvalue weighted by molar-refractivity contribution is 5.36. The fraction of sp³-hybridized carbons (Fsp3) is 0.647. The van der Waals surface area contributed by atoms with Gasteiger partial charge in [0.15, 0.2) is 0 Å². The normalized spacial score (nSPS) is 26.6. The van der Waals surface area contributed by atoms with Gasteiger partial charge in [-0.1, -0.05) is 24.3 Å². The molecule has 20 heavy (non-hydrogen) atoms. The van der Waals surface area contributed by atoms with Crippen molar-refractivity contribution >= 4 is 0 Å². The summed E-state index contributed by atoms with van der Waals surface area (Å²) < 4.78 is 0. The van der Waals surface area contributed by atoms with Gasteiger partial charge in [0.05, 0.1) is 0 Å². The van der Waals surface area contributed by atoms with Crippen LogP contribution < -0.4 is 5.73 Å². The van der Waals surface area contributed by atoms with Crippen LogP contribution in [0.25, 0.3) is 0 Å². The van der Waals surface area contributed by atoms with E-state index in [2.05, 4.69) is 48.0 Å². The molecule has 1 saturated carbocycles. The predicted octanol–water partition coefficient (Wildman–Crippen LogP) is 2.20. The quantitative estimate of drug-likeness (QED) is 0.913. The van der Waals surface area contributed by atoms with E-state index in [0.717, 1.165) is 32.1 Å². The number of likely N-dealkylation sites (N-methyl/N-ethyl adjacent to an activating group) is 1. The summed E-state index contributed by atoms with van der Waals surface area (Å²) in [7, 11) is 2.21. The zero-order chi connectivity index (χ0) is 14.1. The molecule has 1 aliphatic heterocycles. The first-order chi connectivity index (χ1) is 9.70. The molecular formula is C17H27N3. The largest absolute Gasteiger partial charge is 0.329 e. The smallest absolute Gasteiger partial charge is 0.0477 e. The molecule has 1 aromatic rings. The lowest BCUT2D eigenvalue weighted by molar-refractivity contribution is 0.0632. The van der Waals surface area contributed by atoms with Gasteiger partial charge in [-0.25, -0.2) is 0 Å². The first-order valence-corrected chi connectivity index (χ1v) is 7.94. The summed E-state index contributed by atoms with van der Waals surface area (Å²) in [5.74, 6) is 0.794. The summed E-state index contributed by atoms with van der Waals surface area (Å²) in [6.07, 6.45) is 2.71. The van der Waals surface area contributed by atoms with Gasteiger partial charge in [-0.2, -0.15) is 0 Å². The average molecular weight is 273 g/mol. The van der Waals surface area contributed by atoms with Crippen LogP contribution in [0.5, 0.6) is 0 Å². The van der Waals surface area contributed by atoms with E-state index in [9.17, 15) is 0 Å². The van der Waals surface area contributed by atoms with Crippen molar-refractivity contribution in [3.8, 4) is 0 Å². The van der Waals surface area contributed by atoms with E-state index in [1.54, 1.807) is 5.56 Å². The van der Waals surface area contributed by atoms with Gasteiger partial charge < -0.3 is 10.6 Å². The van der Waals surface area contributed by atoms with Crippen LogP contribution in [0, 0.1) is 0 Å². The molecule has 1 heterocycles. The minimum atomic E-state index is 0.385. The van der Waals surface area contributed by atoms with Crippen LogP contribution in [0.3, 0.4) is 0 Å².